The summed E-state index contributed by atoms with van der Waals surface area (Å²) in [6.07, 6.45) is 1.02. The topological polar surface area (TPSA) is 52.6 Å². The van der Waals surface area contributed by atoms with Crippen LogP contribution in [0, 0.1) is 5.82 Å². The van der Waals surface area contributed by atoms with E-state index < -0.39 is 11.5 Å². The Morgan fingerprint density at radius 1 is 1.44 bits per heavy atom. The fourth-order valence-electron chi connectivity index (χ4n) is 2.39. The lowest BCUT2D eigenvalue weighted by Gasteiger charge is -2.39. The molecule has 0 aliphatic carbocycles. The Hall–Kier alpha value is -1.62. The second-order valence-electron chi connectivity index (χ2n) is 4.60. The highest BCUT2D eigenvalue weighted by Crippen LogP contribution is 2.26. The largest absolute Gasteiger partial charge is 0.480 e. The summed E-state index contributed by atoms with van der Waals surface area (Å²) in [6.45, 7) is 1.22. The molecular weight excluding hydrogens is 235 g/mol. The second kappa shape index (κ2) is 4.94. The van der Waals surface area contributed by atoms with Gasteiger partial charge in [0.05, 0.1) is 0 Å². The SMILES string of the molecule is CNC1(C(=O)O)CCN(c2cccc(F)c2)CC1. The summed E-state index contributed by atoms with van der Waals surface area (Å²) in [6, 6.07) is 6.40. The molecule has 1 aliphatic rings. The van der Waals surface area contributed by atoms with Crippen molar-refractivity contribution >= 4 is 11.7 Å². The van der Waals surface area contributed by atoms with E-state index in [4.69, 9.17) is 0 Å². The molecule has 4 nitrogen and oxygen atoms in total. The van der Waals surface area contributed by atoms with Gasteiger partial charge in [-0.2, -0.15) is 0 Å². The molecule has 1 saturated heterocycles. The van der Waals surface area contributed by atoms with Crippen molar-refractivity contribution in [2.45, 2.75) is 18.4 Å². The van der Waals surface area contributed by atoms with Crippen molar-refractivity contribution in [2.75, 3.05) is 25.0 Å². The predicted molar refractivity (Wildman–Crippen MR) is 67.3 cm³/mol. The first-order valence-electron chi connectivity index (χ1n) is 6.00. The highest BCUT2D eigenvalue weighted by atomic mass is 19.1. The number of nitrogens with zero attached hydrogens (tertiary/aromatic N) is 1. The molecule has 0 atom stereocenters. The highest BCUT2D eigenvalue weighted by Gasteiger charge is 2.40. The standard InChI is InChI=1S/C13H17FN2O2/c1-15-13(12(17)18)5-7-16(8-6-13)11-4-2-3-10(14)9-11/h2-4,9,15H,5-8H2,1H3,(H,17,18). The van der Waals surface area contributed by atoms with Gasteiger partial charge in [0.1, 0.15) is 11.4 Å². The van der Waals surface area contributed by atoms with Gasteiger partial charge in [-0.05, 0) is 38.1 Å². The van der Waals surface area contributed by atoms with Gasteiger partial charge in [0, 0.05) is 18.8 Å². The molecule has 2 rings (SSSR count). The van der Waals surface area contributed by atoms with Crippen LogP contribution < -0.4 is 10.2 Å². The van der Waals surface area contributed by atoms with Gasteiger partial charge in [0.15, 0.2) is 0 Å². The number of rotatable bonds is 3. The number of anilines is 1. The summed E-state index contributed by atoms with van der Waals surface area (Å²) < 4.78 is 13.1. The average molecular weight is 252 g/mol. The minimum absolute atomic E-state index is 0.267. The molecule has 1 aromatic rings. The van der Waals surface area contributed by atoms with E-state index >= 15 is 0 Å². The van der Waals surface area contributed by atoms with Crippen molar-refractivity contribution < 1.29 is 14.3 Å². The smallest absolute Gasteiger partial charge is 0.324 e. The number of carboxylic acid groups (broad SMARTS) is 1. The van der Waals surface area contributed by atoms with Gasteiger partial charge in [-0.15, -0.1) is 0 Å². The number of carbonyl (C=O) groups is 1. The molecule has 0 aromatic heterocycles. The van der Waals surface area contributed by atoms with Gasteiger partial charge < -0.3 is 15.3 Å². The third-order valence-corrected chi connectivity index (χ3v) is 3.68. The molecule has 0 radical (unpaired) electrons. The third kappa shape index (κ3) is 2.31. The van der Waals surface area contributed by atoms with Gasteiger partial charge in [-0.3, -0.25) is 4.79 Å². The Balaban J connectivity index is 2.09. The van der Waals surface area contributed by atoms with Gasteiger partial charge in [0.2, 0.25) is 0 Å². The third-order valence-electron chi connectivity index (χ3n) is 3.68. The van der Waals surface area contributed by atoms with Crippen molar-refractivity contribution in [2.24, 2.45) is 0 Å². The summed E-state index contributed by atoms with van der Waals surface area (Å²) >= 11 is 0. The van der Waals surface area contributed by atoms with E-state index in [2.05, 4.69) is 5.32 Å². The van der Waals surface area contributed by atoms with Crippen molar-refractivity contribution in [3.05, 3.63) is 30.1 Å². The Morgan fingerprint density at radius 3 is 2.61 bits per heavy atom. The van der Waals surface area contributed by atoms with E-state index in [1.807, 2.05) is 11.0 Å². The number of aliphatic carboxylic acids is 1. The average Bonchev–Trinajstić information content (AvgIpc) is 2.38. The van der Waals surface area contributed by atoms with Crippen LogP contribution in [0.15, 0.2) is 24.3 Å². The molecule has 2 N–H and O–H groups in total. The lowest BCUT2D eigenvalue weighted by Crippen LogP contribution is -2.57. The molecule has 98 valence electrons. The van der Waals surface area contributed by atoms with E-state index in [1.54, 1.807) is 13.1 Å². The Bertz CT molecular complexity index is 442. The molecule has 1 heterocycles. The van der Waals surface area contributed by atoms with Crippen LogP contribution in [0.4, 0.5) is 10.1 Å². The summed E-state index contributed by atoms with van der Waals surface area (Å²) in [7, 11) is 1.67. The van der Waals surface area contributed by atoms with Crippen LogP contribution in [0.5, 0.6) is 0 Å². The second-order valence-corrected chi connectivity index (χ2v) is 4.60. The van der Waals surface area contributed by atoms with E-state index in [-0.39, 0.29) is 5.82 Å². The molecule has 1 aromatic carbocycles. The number of carboxylic acids is 1. The van der Waals surface area contributed by atoms with Gasteiger partial charge in [-0.1, -0.05) is 6.07 Å². The predicted octanol–water partition coefficient (Wildman–Crippen LogP) is 1.47. The fraction of sp³-hybridized carbons (Fsp3) is 0.462. The van der Waals surface area contributed by atoms with Crippen molar-refractivity contribution in [1.82, 2.24) is 5.32 Å². The fourth-order valence-corrected chi connectivity index (χ4v) is 2.39. The first kappa shape index (κ1) is 12.8. The van der Waals surface area contributed by atoms with Gasteiger partial charge in [-0.25, -0.2) is 4.39 Å². The molecular formula is C13H17FN2O2. The lowest BCUT2D eigenvalue weighted by atomic mass is 9.87. The Kier molecular flexibility index (Phi) is 3.52. The quantitative estimate of drug-likeness (QED) is 0.855. The van der Waals surface area contributed by atoms with Crippen molar-refractivity contribution in [1.29, 1.82) is 0 Å². The van der Waals surface area contributed by atoms with Crippen LogP contribution in [-0.4, -0.2) is 36.8 Å². The normalized spacial score (nSPS) is 18.7. The molecule has 1 aliphatic heterocycles. The Labute approximate surface area is 105 Å². The minimum atomic E-state index is -0.843. The van der Waals surface area contributed by atoms with Crippen LogP contribution in [0.3, 0.4) is 0 Å². The van der Waals surface area contributed by atoms with E-state index in [9.17, 15) is 14.3 Å². The number of halogens is 1. The summed E-state index contributed by atoms with van der Waals surface area (Å²) in [4.78, 5) is 13.3. The highest BCUT2D eigenvalue weighted by molar-refractivity contribution is 5.79. The number of likely N-dealkylation sites (N-methyl/N-ethyl adjacent to an activating group) is 1. The maximum absolute atomic E-state index is 13.1. The number of piperidine rings is 1. The number of nitrogens with one attached hydrogen (secondary N) is 1. The maximum atomic E-state index is 13.1. The van der Waals surface area contributed by atoms with Gasteiger partial charge in [0.25, 0.3) is 0 Å². The zero-order valence-electron chi connectivity index (χ0n) is 10.3. The van der Waals surface area contributed by atoms with Crippen LogP contribution in [0.2, 0.25) is 0 Å². The van der Waals surface area contributed by atoms with Crippen LogP contribution in [0.25, 0.3) is 0 Å². The summed E-state index contributed by atoms with van der Waals surface area (Å²) in [5.74, 6) is -1.08. The molecule has 18 heavy (non-hydrogen) atoms. The molecule has 0 amide bonds. The van der Waals surface area contributed by atoms with E-state index in [0.717, 1.165) is 5.69 Å². The molecule has 0 unspecified atom stereocenters. The zero-order valence-corrected chi connectivity index (χ0v) is 10.3. The van der Waals surface area contributed by atoms with Crippen LogP contribution in [-0.2, 0) is 4.79 Å². The molecule has 0 bridgehead atoms. The molecule has 1 fully saturated rings. The summed E-state index contributed by atoms with van der Waals surface area (Å²) in [5, 5.41) is 12.1. The van der Waals surface area contributed by atoms with Crippen molar-refractivity contribution in [3.8, 4) is 0 Å². The van der Waals surface area contributed by atoms with Crippen LogP contribution in [0.1, 0.15) is 12.8 Å². The number of benzene rings is 1. The summed E-state index contributed by atoms with van der Waals surface area (Å²) in [5.41, 5.74) is -0.0332. The van der Waals surface area contributed by atoms with Gasteiger partial charge >= 0.3 is 5.97 Å². The van der Waals surface area contributed by atoms with E-state index in [0.29, 0.717) is 25.9 Å². The van der Waals surface area contributed by atoms with Crippen LogP contribution >= 0.6 is 0 Å². The zero-order chi connectivity index (χ0) is 13.2. The van der Waals surface area contributed by atoms with E-state index in [1.165, 1.54) is 12.1 Å². The molecule has 0 saturated carbocycles. The minimum Gasteiger partial charge on any atom is -0.480 e. The number of hydrogen-bond acceptors (Lipinski definition) is 3. The lowest BCUT2D eigenvalue weighted by molar-refractivity contribution is -0.145. The molecule has 0 spiro atoms. The first-order valence-corrected chi connectivity index (χ1v) is 6.00. The first-order chi connectivity index (χ1) is 8.57. The Morgan fingerprint density at radius 2 is 2.11 bits per heavy atom. The maximum Gasteiger partial charge on any atom is 0.324 e. The monoisotopic (exact) mass is 252 g/mol. The molecule has 5 heteroatoms. The van der Waals surface area contributed by atoms with Crippen molar-refractivity contribution in [3.63, 3.8) is 0 Å². The number of hydrogen-bond donors (Lipinski definition) is 2.